The highest BCUT2D eigenvalue weighted by molar-refractivity contribution is 6.18. The van der Waals surface area contributed by atoms with Gasteiger partial charge in [0.15, 0.2) is 0 Å². The molecular weight excluding hydrogens is 229 g/mol. The number of allylic oxidation sites excluding steroid dienone is 1. The van der Waals surface area contributed by atoms with Gasteiger partial charge in [0, 0.05) is 12.4 Å². The average molecular weight is 242 g/mol. The summed E-state index contributed by atoms with van der Waals surface area (Å²) in [5.41, 5.74) is 0.848. The standard InChI is InChI=1S/C12H13ClFNO/c1-9-4-5-10(11(14)8-9)12(16)15-7-3-2-6-13/h2-5,8H,6-7H2,1H3,(H,15,16)/b3-2+. The van der Waals surface area contributed by atoms with Crippen molar-refractivity contribution in [2.75, 3.05) is 12.4 Å². The maximum Gasteiger partial charge on any atom is 0.254 e. The highest BCUT2D eigenvalue weighted by atomic mass is 35.5. The fraction of sp³-hybridized carbons (Fsp3) is 0.250. The lowest BCUT2D eigenvalue weighted by Crippen LogP contribution is -2.24. The van der Waals surface area contributed by atoms with Gasteiger partial charge < -0.3 is 5.32 Å². The third-order valence-electron chi connectivity index (χ3n) is 2.01. The first-order chi connectivity index (χ1) is 7.65. The molecular formula is C12H13ClFNO. The van der Waals surface area contributed by atoms with Crippen molar-refractivity contribution >= 4 is 17.5 Å². The predicted molar refractivity (Wildman–Crippen MR) is 63.3 cm³/mol. The molecule has 0 aromatic heterocycles. The Morgan fingerprint density at radius 3 is 2.88 bits per heavy atom. The summed E-state index contributed by atoms with van der Waals surface area (Å²) in [7, 11) is 0. The van der Waals surface area contributed by atoms with E-state index >= 15 is 0 Å². The van der Waals surface area contributed by atoms with Crippen molar-refractivity contribution in [1.82, 2.24) is 5.32 Å². The van der Waals surface area contributed by atoms with Crippen molar-refractivity contribution in [2.24, 2.45) is 0 Å². The van der Waals surface area contributed by atoms with Crippen LogP contribution >= 0.6 is 11.6 Å². The lowest BCUT2D eigenvalue weighted by molar-refractivity contribution is 0.0954. The van der Waals surface area contributed by atoms with Gasteiger partial charge >= 0.3 is 0 Å². The molecule has 1 rings (SSSR count). The fourth-order valence-corrected chi connectivity index (χ4v) is 1.32. The first-order valence-electron chi connectivity index (χ1n) is 4.90. The molecule has 0 radical (unpaired) electrons. The zero-order valence-corrected chi connectivity index (χ0v) is 9.72. The summed E-state index contributed by atoms with van der Waals surface area (Å²) in [4.78, 5) is 11.5. The van der Waals surface area contributed by atoms with Gasteiger partial charge in [-0.05, 0) is 24.6 Å². The summed E-state index contributed by atoms with van der Waals surface area (Å²) < 4.78 is 13.4. The van der Waals surface area contributed by atoms with E-state index in [1.807, 2.05) is 0 Å². The summed E-state index contributed by atoms with van der Waals surface area (Å²) >= 11 is 5.42. The summed E-state index contributed by atoms with van der Waals surface area (Å²) in [5.74, 6) is -0.523. The molecule has 0 bridgehead atoms. The molecule has 1 amide bonds. The smallest absolute Gasteiger partial charge is 0.254 e. The Bertz CT molecular complexity index is 404. The molecule has 2 nitrogen and oxygen atoms in total. The molecule has 0 heterocycles. The summed E-state index contributed by atoms with van der Waals surface area (Å²) in [6.45, 7) is 2.12. The Morgan fingerprint density at radius 2 is 2.25 bits per heavy atom. The largest absolute Gasteiger partial charge is 0.348 e. The van der Waals surface area contributed by atoms with E-state index in [1.54, 1.807) is 25.1 Å². The zero-order chi connectivity index (χ0) is 12.0. The molecule has 86 valence electrons. The number of halogens is 2. The van der Waals surface area contributed by atoms with E-state index in [2.05, 4.69) is 5.32 Å². The molecule has 0 unspecified atom stereocenters. The molecule has 0 atom stereocenters. The second-order valence-corrected chi connectivity index (χ2v) is 3.63. The van der Waals surface area contributed by atoms with Crippen LogP contribution in [-0.2, 0) is 0 Å². The molecule has 0 aliphatic carbocycles. The number of alkyl halides is 1. The lowest BCUT2D eigenvalue weighted by Gasteiger charge is -2.04. The highest BCUT2D eigenvalue weighted by Gasteiger charge is 2.09. The fourth-order valence-electron chi connectivity index (χ4n) is 1.20. The maximum absolute atomic E-state index is 13.4. The van der Waals surface area contributed by atoms with Crippen LogP contribution in [0.2, 0.25) is 0 Å². The van der Waals surface area contributed by atoms with Crippen molar-refractivity contribution in [3.63, 3.8) is 0 Å². The van der Waals surface area contributed by atoms with Gasteiger partial charge in [0.1, 0.15) is 5.82 Å². The van der Waals surface area contributed by atoms with Crippen LogP contribution < -0.4 is 5.32 Å². The minimum Gasteiger partial charge on any atom is -0.348 e. The summed E-state index contributed by atoms with van der Waals surface area (Å²) in [6.07, 6.45) is 3.43. The number of nitrogens with one attached hydrogen (secondary N) is 1. The number of carbonyl (C=O) groups excluding carboxylic acids is 1. The third-order valence-corrected chi connectivity index (χ3v) is 2.18. The number of hydrogen-bond donors (Lipinski definition) is 1. The molecule has 0 saturated heterocycles. The summed E-state index contributed by atoms with van der Waals surface area (Å²) in [6, 6.07) is 4.52. The predicted octanol–water partition coefficient (Wildman–Crippen LogP) is 2.66. The number of hydrogen-bond acceptors (Lipinski definition) is 1. The van der Waals surface area contributed by atoms with Gasteiger partial charge in [-0.1, -0.05) is 18.2 Å². The number of carbonyl (C=O) groups is 1. The molecule has 0 spiro atoms. The SMILES string of the molecule is Cc1ccc(C(=O)NC/C=C/CCl)c(F)c1. The number of benzene rings is 1. The van der Waals surface area contributed by atoms with Crippen LogP contribution in [-0.4, -0.2) is 18.3 Å². The van der Waals surface area contributed by atoms with E-state index in [1.165, 1.54) is 12.1 Å². The van der Waals surface area contributed by atoms with Crippen LogP contribution in [0.3, 0.4) is 0 Å². The van der Waals surface area contributed by atoms with Crippen LogP contribution in [0.15, 0.2) is 30.4 Å². The van der Waals surface area contributed by atoms with Gasteiger partial charge in [0.25, 0.3) is 5.91 Å². The number of aryl methyl sites for hydroxylation is 1. The van der Waals surface area contributed by atoms with Crippen LogP contribution in [0.1, 0.15) is 15.9 Å². The van der Waals surface area contributed by atoms with Crippen LogP contribution in [0.4, 0.5) is 4.39 Å². The third kappa shape index (κ3) is 3.66. The van der Waals surface area contributed by atoms with Gasteiger partial charge in [-0.2, -0.15) is 0 Å². The Kier molecular flexibility index (Phi) is 4.99. The van der Waals surface area contributed by atoms with Gasteiger partial charge in [0.2, 0.25) is 0 Å². The normalized spacial score (nSPS) is 10.7. The van der Waals surface area contributed by atoms with E-state index in [9.17, 15) is 9.18 Å². The molecule has 1 N–H and O–H groups in total. The molecule has 16 heavy (non-hydrogen) atoms. The molecule has 0 aliphatic rings. The van der Waals surface area contributed by atoms with E-state index < -0.39 is 11.7 Å². The molecule has 0 aliphatic heterocycles. The Balaban J connectivity index is 2.63. The van der Waals surface area contributed by atoms with Crippen molar-refractivity contribution < 1.29 is 9.18 Å². The number of amides is 1. The minimum absolute atomic E-state index is 0.0601. The maximum atomic E-state index is 13.4. The lowest BCUT2D eigenvalue weighted by atomic mass is 10.1. The van der Waals surface area contributed by atoms with Crippen LogP contribution in [0.5, 0.6) is 0 Å². The molecule has 1 aromatic rings. The van der Waals surface area contributed by atoms with Crippen molar-refractivity contribution in [1.29, 1.82) is 0 Å². The van der Waals surface area contributed by atoms with E-state index in [0.717, 1.165) is 5.56 Å². The Hall–Kier alpha value is -1.35. The second-order valence-electron chi connectivity index (χ2n) is 3.32. The molecule has 0 saturated carbocycles. The van der Waals surface area contributed by atoms with Crippen LogP contribution in [0, 0.1) is 12.7 Å². The first-order valence-corrected chi connectivity index (χ1v) is 5.44. The second kappa shape index (κ2) is 6.28. The molecule has 4 heteroatoms. The van der Waals surface area contributed by atoms with Gasteiger partial charge in [-0.25, -0.2) is 4.39 Å². The topological polar surface area (TPSA) is 29.1 Å². The van der Waals surface area contributed by atoms with Crippen molar-refractivity contribution in [2.45, 2.75) is 6.92 Å². The summed E-state index contributed by atoms with van der Waals surface area (Å²) in [5, 5.41) is 2.57. The van der Waals surface area contributed by atoms with Gasteiger partial charge in [0.05, 0.1) is 5.56 Å². The number of rotatable bonds is 4. The van der Waals surface area contributed by atoms with Gasteiger partial charge in [-0.15, -0.1) is 11.6 Å². The van der Waals surface area contributed by atoms with E-state index in [-0.39, 0.29) is 5.56 Å². The zero-order valence-electron chi connectivity index (χ0n) is 8.97. The minimum atomic E-state index is -0.501. The van der Waals surface area contributed by atoms with Gasteiger partial charge in [-0.3, -0.25) is 4.79 Å². The monoisotopic (exact) mass is 241 g/mol. The Labute approximate surface area is 99.1 Å². The van der Waals surface area contributed by atoms with Crippen molar-refractivity contribution in [3.05, 3.63) is 47.3 Å². The Morgan fingerprint density at radius 1 is 1.50 bits per heavy atom. The molecule has 0 fully saturated rings. The van der Waals surface area contributed by atoms with E-state index in [0.29, 0.717) is 12.4 Å². The van der Waals surface area contributed by atoms with Crippen molar-refractivity contribution in [3.8, 4) is 0 Å². The van der Waals surface area contributed by atoms with E-state index in [4.69, 9.17) is 11.6 Å². The van der Waals surface area contributed by atoms with Crippen LogP contribution in [0.25, 0.3) is 0 Å². The first kappa shape index (κ1) is 12.7. The average Bonchev–Trinajstić information content (AvgIpc) is 2.24. The quantitative estimate of drug-likeness (QED) is 0.637. The highest BCUT2D eigenvalue weighted by Crippen LogP contribution is 2.09. The molecule has 1 aromatic carbocycles.